The number of rotatable bonds is 8. The Morgan fingerprint density at radius 3 is 2.37 bits per heavy atom. The number of carboxylic acid groups (broad SMARTS) is 1. The summed E-state index contributed by atoms with van der Waals surface area (Å²) in [6.45, 7) is 8.80. The lowest BCUT2D eigenvalue weighted by molar-refractivity contribution is -0.139. The molecule has 2 N–H and O–H groups in total. The molecule has 0 radical (unpaired) electrons. The number of piperidine rings is 1. The Bertz CT molecular complexity index is 533. The standard InChI is InChI=1S/C21H37N3O3/c1-4-23(13-20(25)26)18-7-9-24(10-8-18)15(3)21(27)22-14(2)19-12-16-5-6-17(19)11-16/h14-19H,4-13H2,1-3H3,(H,22,27)(H,25,26). The fourth-order valence-corrected chi connectivity index (χ4v) is 5.84. The molecule has 27 heavy (non-hydrogen) atoms. The van der Waals surface area contributed by atoms with Crippen molar-refractivity contribution in [2.75, 3.05) is 26.2 Å². The highest BCUT2D eigenvalue weighted by atomic mass is 16.4. The van der Waals surface area contributed by atoms with Gasteiger partial charge in [0.1, 0.15) is 0 Å². The zero-order valence-electron chi connectivity index (χ0n) is 17.2. The lowest BCUT2D eigenvalue weighted by atomic mass is 9.84. The SMILES string of the molecule is CCN(CC(=O)O)C1CCN(C(C)C(=O)NC(C)C2CC3CCC2C3)CC1. The Balaban J connectivity index is 1.45. The first-order valence-electron chi connectivity index (χ1n) is 10.9. The van der Waals surface area contributed by atoms with Crippen molar-refractivity contribution in [2.24, 2.45) is 17.8 Å². The van der Waals surface area contributed by atoms with E-state index in [1.165, 1.54) is 25.7 Å². The van der Waals surface area contributed by atoms with Gasteiger partial charge in [-0.05, 0) is 70.3 Å². The predicted octanol–water partition coefficient (Wildman–Crippen LogP) is 2.19. The van der Waals surface area contributed by atoms with E-state index in [2.05, 4.69) is 17.1 Å². The van der Waals surface area contributed by atoms with Crippen LogP contribution in [0.4, 0.5) is 0 Å². The van der Waals surface area contributed by atoms with Crippen LogP contribution in [0.5, 0.6) is 0 Å². The summed E-state index contributed by atoms with van der Waals surface area (Å²) in [6, 6.07) is 0.478. The van der Waals surface area contributed by atoms with Crippen molar-refractivity contribution < 1.29 is 14.7 Å². The van der Waals surface area contributed by atoms with Crippen LogP contribution in [0.2, 0.25) is 0 Å². The average Bonchev–Trinajstić information content (AvgIpc) is 3.29. The smallest absolute Gasteiger partial charge is 0.317 e. The van der Waals surface area contributed by atoms with Gasteiger partial charge in [0.15, 0.2) is 0 Å². The largest absolute Gasteiger partial charge is 0.480 e. The highest BCUT2D eigenvalue weighted by Gasteiger charge is 2.42. The number of amides is 1. The zero-order chi connectivity index (χ0) is 19.6. The molecule has 1 amide bonds. The number of carbonyl (C=O) groups excluding carboxylic acids is 1. The molecule has 5 unspecified atom stereocenters. The molecule has 5 atom stereocenters. The number of hydrogen-bond donors (Lipinski definition) is 2. The van der Waals surface area contributed by atoms with Gasteiger partial charge in [0.2, 0.25) is 5.91 Å². The highest BCUT2D eigenvalue weighted by Crippen LogP contribution is 2.49. The van der Waals surface area contributed by atoms with Crippen molar-refractivity contribution in [2.45, 2.75) is 77.4 Å². The van der Waals surface area contributed by atoms with Gasteiger partial charge >= 0.3 is 5.97 Å². The predicted molar refractivity (Wildman–Crippen MR) is 105 cm³/mol. The number of nitrogens with zero attached hydrogens (tertiary/aromatic N) is 2. The van der Waals surface area contributed by atoms with Crippen LogP contribution in [0.3, 0.4) is 0 Å². The number of carbonyl (C=O) groups is 2. The van der Waals surface area contributed by atoms with E-state index in [1.807, 2.05) is 18.7 Å². The first kappa shape index (κ1) is 20.6. The molecule has 0 aromatic carbocycles. The molecule has 0 spiro atoms. The molecule has 154 valence electrons. The molecule has 0 aromatic heterocycles. The van der Waals surface area contributed by atoms with E-state index >= 15 is 0 Å². The maximum atomic E-state index is 12.8. The number of likely N-dealkylation sites (tertiary alicyclic amines) is 1. The Labute approximate surface area is 163 Å². The lowest BCUT2D eigenvalue weighted by Gasteiger charge is -2.40. The topological polar surface area (TPSA) is 72.9 Å². The fourth-order valence-electron chi connectivity index (χ4n) is 5.84. The van der Waals surface area contributed by atoms with Gasteiger partial charge in [-0.2, -0.15) is 0 Å². The maximum absolute atomic E-state index is 12.8. The van der Waals surface area contributed by atoms with Crippen molar-refractivity contribution in [1.82, 2.24) is 15.1 Å². The van der Waals surface area contributed by atoms with Crippen LogP contribution in [0.25, 0.3) is 0 Å². The van der Waals surface area contributed by atoms with Crippen LogP contribution in [0.1, 0.15) is 59.3 Å². The highest BCUT2D eigenvalue weighted by molar-refractivity contribution is 5.81. The third kappa shape index (κ3) is 4.83. The molecule has 3 rings (SSSR count). The Kier molecular flexibility index (Phi) is 6.79. The summed E-state index contributed by atoms with van der Waals surface area (Å²) in [5, 5.41) is 12.4. The van der Waals surface area contributed by atoms with Gasteiger partial charge in [0, 0.05) is 25.2 Å². The monoisotopic (exact) mass is 379 g/mol. The van der Waals surface area contributed by atoms with E-state index in [-0.39, 0.29) is 24.5 Å². The van der Waals surface area contributed by atoms with Gasteiger partial charge in [0.25, 0.3) is 0 Å². The molecule has 1 aliphatic heterocycles. The molecule has 6 heteroatoms. The summed E-state index contributed by atoms with van der Waals surface area (Å²) in [5.74, 6) is 1.79. The number of hydrogen-bond acceptors (Lipinski definition) is 4. The van der Waals surface area contributed by atoms with Gasteiger partial charge in [-0.1, -0.05) is 13.3 Å². The summed E-state index contributed by atoms with van der Waals surface area (Å²) in [6.07, 6.45) is 7.27. The molecule has 2 bridgehead atoms. The molecule has 3 aliphatic rings. The summed E-state index contributed by atoms with van der Waals surface area (Å²) < 4.78 is 0. The van der Waals surface area contributed by atoms with Crippen molar-refractivity contribution in [3.8, 4) is 0 Å². The number of carboxylic acids is 1. The Hall–Kier alpha value is -1.14. The van der Waals surface area contributed by atoms with Crippen LogP contribution in [0.15, 0.2) is 0 Å². The molecule has 3 fully saturated rings. The van der Waals surface area contributed by atoms with Crippen molar-refractivity contribution in [3.63, 3.8) is 0 Å². The number of fused-ring (bicyclic) bond motifs is 2. The molecular weight excluding hydrogens is 342 g/mol. The van der Waals surface area contributed by atoms with Gasteiger partial charge in [-0.15, -0.1) is 0 Å². The van der Waals surface area contributed by atoms with Crippen LogP contribution >= 0.6 is 0 Å². The number of likely N-dealkylation sites (N-methyl/N-ethyl adjacent to an activating group) is 1. The average molecular weight is 380 g/mol. The Morgan fingerprint density at radius 1 is 1.15 bits per heavy atom. The first-order chi connectivity index (χ1) is 12.9. The first-order valence-corrected chi connectivity index (χ1v) is 10.9. The summed E-state index contributed by atoms with van der Waals surface area (Å²) >= 11 is 0. The second kappa shape index (κ2) is 8.91. The van der Waals surface area contributed by atoms with E-state index in [9.17, 15) is 9.59 Å². The quantitative estimate of drug-likeness (QED) is 0.676. The lowest BCUT2D eigenvalue weighted by Crippen LogP contribution is -2.54. The third-order valence-corrected chi connectivity index (χ3v) is 7.49. The molecular formula is C21H37N3O3. The normalized spacial score (nSPS) is 31.2. The van der Waals surface area contributed by atoms with E-state index < -0.39 is 5.97 Å². The molecule has 2 aliphatic carbocycles. The molecule has 6 nitrogen and oxygen atoms in total. The minimum absolute atomic E-state index is 0.109. The molecule has 2 saturated carbocycles. The van der Waals surface area contributed by atoms with Gasteiger partial charge in [-0.3, -0.25) is 19.4 Å². The minimum Gasteiger partial charge on any atom is -0.480 e. The Morgan fingerprint density at radius 2 is 1.85 bits per heavy atom. The zero-order valence-corrected chi connectivity index (χ0v) is 17.2. The van der Waals surface area contributed by atoms with Crippen LogP contribution < -0.4 is 5.32 Å². The van der Waals surface area contributed by atoms with E-state index in [1.54, 1.807) is 0 Å². The van der Waals surface area contributed by atoms with E-state index in [0.717, 1.165) is 44.3 Å². The minimum atomic E-state index is -0.762. The van der Waals surface area contributed by atoms with Crippen LogP contribution in [0, 0.1) is 17.8 Å². The molecule has 0 aromatic rings. The second-order valence-corrected chi connectivity index (χ2v) is 9.04. The van der Waals surface area contributed by atoms with E-state index in [0.29, 0.717) is 12.0 Å². The van der Waals surface area contributed by atoms with Gasteiger partial charge < -0.3 is 10.4 Å². The maximum Gasteiger partial charge on any atom is 0.317 e. The van der Waals surface area contributed by atoms with Gasteiger partial charge in [0.05, 0.1) is 12.6 Å². The van der Waals surface area contributed by atoms with Crippen molar-refractivity contribution >= 4 is 11.9 Å². The fraction of sp³-hybridized carbons (Fsp3) is 0.905. The number of aliphatic carboxylic acids is 1. The molecule has 1 heterocycles. The summed E-state index contributed by atoms with van der Waals surface area (Å²) in [5.41, 5.74) is 0. The van der Waals surface area contributed by atoms with Crippen molar-refractivity contribution in [3.05, 3.63) is 0 Å². The van der Waals surface area contributed by atoms with E-state index in [4.69, 9.17) is 5.11 Å². The van der Waals surface area contributed by atoms with Crippen molar-refractivity contribution in [1.29, 1.82) is 0 Å². The summed E-state index contributed by atoms with van der Waals surface area (Å²) in [4.78, 5) is 28.1. The van der Waals surface area contributed by atoms with Crippen LogP contribution in [-0.4, -0.2) is 71.1 Å². The third-order valence-electron chi connectivity index (χ3n) is 7.49. The van der Waals surface area contributed by atoms with Gasteiger partial charge in [-0.25, -0.2) is 0 Å². The second-order valence-electron chi connectivity index (χ2n) is 9.04. The molecule has 1 saturated heterocycles. The van der Waals surface area contributed by atoms with Crippen LogP contribution in [-0.2, 0) is 9.59 Å². The number of nitrogens with one attached hydrogen (secondary N) is 1. The summed E-state index contributed by atoms with van der Waals surface area (Å²) in [7, 11) is 0.